The second kappa shape index (κ2) is 4.90. The predicted molar refractivity (Wildman–Crippen MR) is 71.9 cm³/mol. The van der Waals surface area contributed by atoms with Crippen LogP contribution in [-0.4, -0.2) is 17.3 Å². The third-order valence-corrected chi connectivity index (χ3v) is 3.28. The van der Waals surface area contributed by atoms with E-state index in [1.165, 1.54) is 0 Å². The van der Waals surface area contributed by atoms with Gasteiger partial charge in [-0.15, -0.1) is 0 Å². The van der Waals surface area contributed by atoms with E-state index in [0.717, 1.165) is 16.9 Å². The van der Waals surface area contributed by atoms with Gasteiger partial charge in [-0.1, -0.05) is 24.3 Å². The summed E-state index contributed by atoms with van der Waals surface area (Å²) >= 11 is 0. The number of nitrogens with one attached hydrogen (secondary N) is 1. The Balaban J connectivity index is 1.93. The van der Waals surface area contributed by atoms with Crippen LogP contribution in [0.3, 0.4) is 0 Å². The number of rotatable bonds is 4. The van der Waals surface area contributed by atoms with Gasteiger partial charge in [0.2, 0.25) is 0 Å². The van der Waals surface area contributed by atoms with Crippen LogP contribution in [0.4, 0.5) is 0 Å². The minimum atomic E-state index is -0.196. The summed E-state index contributed by atoms with van der Waals surface area (Å²) in [5.74, 6) is 1.33. The molecule has 0 fully saturated rings. The molecule has 19 heavy (non-hydrogen) atoms. The molecule has 2 heterocycles. The van der Waals surface area contributed by atoms with Crippen LogP contribution in [0.2, 0.25) is 0 Å². The third kappa shape index (κ3) is 2.04. The summed E-state index contributed by atoms with van der Waals surface area (Å²) in [6.45, 7) is 3.13. The van der Waals surface area contributed by atoms with Crippen molar-refractivity contribution in [1.82, 2.24) is 4.90 Å². The Morgan fingerprint density at radius 3 is 2.84 bits per heavy atom. The molecule has 1 aromatic heterocycles. The van der Waals surface area contributed by atoms with Crippen molar-refractivity contribution in [1.29, 1.82) is 5.41 Å². The fraction of sp³-hybridized carbons (Fsp3) is 0.267. The molecule has 1 unspecified atom stereocenters. The first-order chi connectivity index (χ1) is 9.31. The Labute approximate surface area is 112 Å². The van der Waals surface area contributed by atoms with Crippen LogP contribution >= 0.6 is 0 Å². The van der Waals surface area contributed by atoms with Crippen molar-refractivity contribution in [3.8, 4) is 0 Å². The van der Waals surface area contributed by atoms with E-state index >= 15 is 0 Å². The molecule has 0 radical (unpaired) electrons. The molecule has 0 saturated heterocycles. The molecule has 1 aliphatic rings. The van der Waals surface area contributed by atoms with Gasteiger partial charge in [-0.2, -0.15) is 0 Å². The van der Waals surface area contributed by atoms with Crippen LogP contribution in [0.15, 0.2) is 47.1 Å². The van der Waals surface area contributed by atoms with E-state index in [1.807, 2.05) is 48.2 Å². The highest BCUT2D eigenvalue weighted by Gasteiger charge is 2.34. The Morgan fingerprint density at radius 1 is 1.26 bits per heavy atom. The normalized spacial score (nSPS) is 17.8. The number of nitrogens with zero attached hydrogens (tertiary/aromatic N) is 1. The number of ether oxygens (including phenoxy) is 1. The summed E-state index contributed by atoms with van der Waals surface area (Å²) in [5, 5.41) is 8.30. The quantitative estimate of drug-likeness (QED) is 0.914. The van der Waals surface area contributed by atoms with Crippen molar-refractivity contribution < 1.29 is 9.15 Å². The molecule has 0 spiro atoms. The molecular formula is C15H16N2O2. The number of fused-ring (bicyclic) bond motifs is 1. The number of amidine groups is 1. The average molecular weight is 256 g/mol. The fourth-order valence-electron chi connectivity index (χ4n) is 2.44. The molecule has 0 amide bonds. The molecule has 1 aromatic carbocycles. The molecule has 4 heteroatoms. The van der Waals surface area contributed by atoms with Gasteiger partial charge in [0.05, 0.1) is 12.8 Å². The zero-order valence-corrected chi connectivity index (χ0v) is 10.8. The molecular weight excluding hydrogens is 240 g/mol. The summed E-state index contributed by atoms with van der Waals surface area (Å²) < 4.78 is 11.2. The lowest BCUT2D eigenvalue weighted by Gasteiger charge is -2.25. The van der Waals surface area contributed by atoms with Gasteiger partial charge in [-0.3, -0.25) is 5.41 Å². The average Bonchev–Trinajstić information content (AvgIpc) is 3.02. The van der Waals surface area contributed by atoms with Crippen LogP contribution in [0.5, 0.6) is 0 Å². The van der Waals surface area contributed by atoms with Crippen molar-refractivity contribution >= 4 is 5.84 Å². The monoisotopic (exact) mass is 256 g/mol. The maximum absolute atomic E-state index is 8.30. The molecule has 3 rings (SSSR count). The molecule has 0 bridgehead atoms. The predicted octanol–water partition coefficient (Wildman–Crippen LogP) is 3.16. The molecule has 98 valence electrons. The fourth-order valence-corrected chi connectivity index (χ4v) is 2.44. The summed E-state index contributed by atoms with van der Waals surface area (Å²) in [6.07, 6.45) is 1.46. The summed E-state index contributed by atoms with van der Waals surface area (Å²) in [4.78, 5) is 1.92. The lowest BCUT2D eigenvalue weighted by Crippen LogP contribution is -2.29. The highest BCUT2D eigenvalue weighted by atomic mass is 16.5. The van der Waals surface area contributed by atoms with Crippen LogP contribution in [-0.2, 0) is 11.3 Å². The SMILES string of the molecule is CCOC1c2ccccc2C(=N)N1Cc1ccco1. The Hall–Kier alpha value is -2.07. The molecule has 1 N–H and O–H groups in total. The van der Waals surface area contributed by atoms with Crippen molar-refractivity contribution in [2.45, 2.75) is 19.7 Å². The molecule has 1 atom stereocenters. The first-order valence-electron chi connectivity index (χ1n) is 6.39. The van der Waals surface area contributed by atoms with Crippen molar-refractivity contribution in [3.63, 3.8) is 0 Å². The lowest BCUT2D eigenvalue weighted by atomic mass is 10.1. The van der Waals surface area contributed by atoms with E-state index in [2.05, 4.69) is 0 Å². The van der Waals surface area contributed by atoms with Gasteiger partial charge in [0.1, 0.15) is 11.6 Å². The maximum Gasteiger partial charge on any atom is 0.158 e. The summed E-state index contributed by atoms with van der Waals surface area (Å²) in [7, 11) is 0. The highest BCUT2D eigenvalue weighted by Crippen LogP contribution is 2.35. The number of furan rings is 1. The van der Waals surface area contributed by atoms with E-state index in [1.54, 1.807) is 6.26 Å². The second-order valence-corrected chi connectivity index (χ2v) is 4.45. The van der Waals surface area contributed by atoms with Crippen LogP contribution in [0, 0.1) is 5.41 Å². The van der Waals surface area contributed by atoms with Gasteiger partial charge >= 0.3 is 0 Å². The van der Waals surface area contributed by atoms with E-state index in [4.69, 9.17) is 14.6 Å². The smallest absolute Gasteiger partial charge is 0.158 e. The third-order valence-electron chi connectivity index (χ3n) is 3.28. The Bertz CT molecular complexity index is 578. The standard InChI is InChI=1S/C15H16N2O2/c1-2-18-15-13-8-4-3-7-12(13)14(16)17(15)10-11-6-5-9-19-11/h3-9,15-16H,2,10H2,1H3. The Kier molecular flexibility index (Phi) is 3.09. The zero-order valence-electron chi connectivity index (χ0n) is 10.8. The van der Waals surface area contributed by atoms with Gasteiger partial charge in [0.15, 0.2) is 6.23 Å². The molecule has 0 saturated carbocycles. The largest absolute Gasteiger partial charge is 0.467 e. The topological polar surface area (TPSA) is 49.5 Å². The second-order valence-electron chi connectivity index (χ2n) is 4.45. The van der Waals surface area contributed by atoms with Gasteiger partial charge in [-0.25, -0.2) is 0 Å². The summed E-state index contributed by atoms with van der Waals surface area (Å²) in [6, 6.07) is 11.7. The van der Waals surface area contributed by atoms with E-state index < -0.39 is 0 Å². The molecule has 0 aliphatic carbocycles. The number of benzene rings is 1. The van der Waals surface area contributed by atoms with E-state index in [-0.39, 0.29) is 6.23 Å². The van der Waals surface area contributed by atoms with Crippen LogP contribution < -0.4 is 0 Å². The zero-order chi connectivity index (χ0) is 13.2. The minimum absolute atomic E-state index is 0.196. The van der Waals surface area contributed by atoms with Crippen molar-refractivity contribution in [3.05, 3.63) is 59.5 Å². The van der Waals surface area contributed by atoms with E-state index in [9.17, 15) is 0 Å². The van der Waals surface area contributed by atoms with Gasteiger partial charge in [0.25, 0.3) is 0 Å². The number of hydrogen-bond acceptors (Lipinski definition) is 3. The lowest BCUT2D eigenvalue weighted by molar-refractivity contribution is -0.0217. The summed E-state index contributed by atoms with van der Waals surface area (Å²) in [5.41, 5.74) is 1.99. The Morgan fingerprint density at radius 2 is 2.11 bits per heavy atom. The molecule has 1 aliphatic heterocycles. The van der Waals surface area contributed by atoms with Crippen LogP contribution in [0.25, 0.3) is 0 Å². The first-order valence-corrected chi connectivity index (χ1v) is 6.39. The van der Waals surface area contributed by atoms with E-state index in [0.29, 0.717) is 19.0 Å². The van der Waals surface area contributed by atoms with Gasteiger partial charge < -0.3 is 14.1 Å². The molecule has 4 nitrogen and oxygen atoms in total. The minimum Gasteiger partial charge on any atom is -0.467 e. The number of hydrogen-bond donors (Lipinski definition) is 1. The van der Waals surface area contributed by atoms with Gasteiger partial charge in [-0.05, 0) is 19.1 Å². The van der Waals surface area contributed by atoms with Crippen molar-refractivity contribution in [2.75, 3.05) is 6.61 Å². The molecule has 2 aromatic rings. The van der Waals surface area contributed by atoms with Gasteiger partial charge in [0, 0.05) is 17.7 Å². The maximum atomic E-state index is 8.30. The van der Waals surface area contributed by atoms with Crippen molar-refractivity contribution in [2.24, 2.45) is 0 Å². The highest BCUT2D eigenvalue weighted by molar-refractivity contribution is 6.00. The first kappa shape index (κ1) is 12.0. The van der Waals surface area contributed by atoms with Crippen LogP contribution in [0.1, 0.15) is 30.0 Å².